The fourth-order valence-corrected chi connectivity index (χ4v) is 3.47. The van der Waals surface area contributed by atoms with Crippen molar-refractivity contribution in [1.29, 1.82) is 0 Å². The number of carbonyl (C=O) groups is 2. The van der Waals surface area contributed by atoms with Crippen LogP contribution in [0.5, 0.6) is 0 Å². The molecule has 2 atom stereocenters. The predicted molar refractivity (Wildman–Crippen MR) is 88.2 cm³/mol. The minimum Gasteiger partial charge on any atom is -0.481 e. The third-order valence-corrected chi connectivity index (χ3v) is 4.67. The van der Waals surface area contributed by atoms with Crippen molar-refractivity contribution in [3.8, 4) is 0 Å². The fourth-order valence-electron chi connectivity index (χ4n) is 3.47. The Morgan fingerprint density at radius 1 is 1.40 bits per heavy atom. The quantitative estimate of drug-likeness (QED) is 0.872. The molecule has 1 aliphatic heterocycles. The number of hydrogen-bond acceptors (Lipinski definition) is 3. The van der Waals surface area contributed by atoms with Crippen LogP contribution in [-0.4, -0.2) is 38.0 Å². The molecule has 0 radical (unpaired) electrons. The van der Waals surface area contributed by atoms with Crippen LogP contribution >= 0.6 is 0 Å². The zero-order valence-electron chi connectivity index (χ0n) is 13.9. The van der Waals surface area contributed by atoms with Crippen LogP contribution in [0, 0.1) is 18.7 Å². The summed E-state index contributed by atoms with van der Waals surface area (Å²) in [6.45, 7) is 2.88. The van der Waals surface area contributed by atoms with E-state index in [9.17, 15) is 19.1 Å². The van der Waals surface area contributed by atoms with Crippen LogP contribution in [0.1, 0.15) is 30.0 Å². The predicted octanol–water partition coefficient (Wildman–Crippen LogP) is 2.40. The fraction of sp³-hybridized carbons (Fsp3) is 0.389. The summed E-state index contributed by atoms with van der Waals surface area (Å²) in [7, 11) is 0. The zero-order chi connectivity index (χ0) is 18.0. The van der Waals surface area contributed by atoms with E-state index in [1.807, 2.05) is 10.8 Å². The van der Waals surface area contributed by atoms with Crippen LogP contribution in [0.2, 0.25) is 0 Å². The second-order valence-corrected chi connectivity index (χ2v) is 6.34. The summed E-state index contributed by atoms with van der Waals surface area (Å²) in [6, 6.07) is 3.72. The van der Waals surface area contributed by atoms with Crippen molar-refractivity contribution in [2.75, 3.05) is 6.54 Å². The van der Waals surface area contributed by atoms with Gasteiger partial charge in [-0.2, -0.15) is 0 Å². The zero-order valence-corrected chi connectivity index (χ0v) is 13.9. The number of aromatic nitrogens is 2. The van der Waals surface area contributed by atoms with Gasteiger partial charge in [0.05, 0.1) is 18.3 Å². The van der Waals surface area contributed by atoms with Crippen LogP contribution in [0.25, 0.3) is 0 Å². The number of aryl methyl sites for hydroxylation is 2. The second-order valence-electron chi connectivity index (χ2n) is 6.34. The molecule has 132 valence electrons. The number of carbonyl (C=O) groups excluding carboxylic acids is 1. The SMILES string of the molecule is Cc1cc(F)ccc1[C@@H]1[C@@H](C(=O)O)CC(=O)N1CCCn1ccnc1. The Balaban J connectivity index is 1.82. The van der Waals surface area contributed by atoms with Crippen molar-refractivity contribution in [3.05, 3.63) is 53.9 Å². The molecule has 0 unspecified atom stereocenters. The Bertz CT molecular complexity index is 776. The van der Waals surface area contributed by atoms with Crippen molar-refractivity contribution >= 4 is 11.9 Å². The maximum absolute atomic E-state index is 13.4. The minimum absolute atomic E-state index is 0.0259. The molecule has 25 heavy (non-hydrogen) atoms. The summed E-state index contributed by atoms with van der Waals surface area (Å²) >= 11 is 0. The molecular weight excluding hydrogens is 325 g/mol. The molecule has 7 heteroatoms. The van der Waals surface area contributed by atoms with Crippen LogP contribution in [0.3, 0.4) is 0 Å². The van der Waals surface area contributed by atoms with E-state index in [1.165, 1.54) is 12.1 Å². The molecule has 1 amide bonds. The average Bonchev–Trinajstić information content (AvgIpc) is 3.17. The molecule has 2 heterocycles. The van der Waals surface area contributed by atoms with E-state index in [0.717, 1.165) is 0 Å². The Labute approximate surface area is 144 Å². The molecule has 0 aliphatic carbocycles. The first-order valence-electron chi connectivity index (χ1n) is 8.21. The van der Waals surface area contributed by atoms with E-state index in [4.69, 9.17) is 0 Å². The van der Waals surface area contributed by atoms with Crippen LogP contribution in [0.15, 0.2) is 36.9 Å². The van der Waals surface area contributed by atoms with Crippen molar-refractivity contribution < 1.29 is 19.1 Å². The van der Waals surface area contributed by atoms with E-state index in [0.29, 0.717) is 30.6 Å². The lowest BCUT2D eigenvalue weighted by atomic mass is 9.91. The monoisotopic (exact) mass is 345 g/mol. The highest BCUT2D eigenvalue weighted by molar-refractivity contribution is 5.87. The van der Waals surface area contributed by atoms with Gasteiger partial charge >= 0.3 is 5.97 Å². The topological polar surface area (TPSA) is 75.4 Å². The van der Waals surface area contributed by atoms with Gasteiger partial charge < -0.3 is 14.6 Å². The standard InChI is InChI=1S/C18H20FN3O3/c1-12-9-13(19)3-4-14(12)17-15(18(24)25)10-16(23)22(17)7-2-6-21-8-5-20-11-21/h3-5,8-9,11,15,17H,2,6-7,10H2,1H3,(H,24,25)/t15-,17+/m0/s1. The van der Waals surface area contributed by atoms with Crippen molar-refractivity contribution in [1.82, 2.24) is 14.5 Å². The molecule has 1 aliphatic rings. The normalized spacial score (nSPS) is 20.2. The molecule has 6 nitrogen and oxygen atoms in total. The molecule has 2 aromatic rings. The van der Waals surface area contributed by atoms with Gasteiger partial charge in [-0.25, -0.2) is 9.37 Å². The van der Waals surface area contributed by atoms with Gasteiger partial charge in [-0.1, -0.05) is 6.07 Å². The molecule has 1 N–H and O–H groups in total. The lowest BCUT2D eigenvalue weighted by Crippen LogP contribution is -2.32. The molecule has 1 saturated heterocycles. The third kappa shape index (κ3) is 3.55. The Kier molecular flexibility index (Phi) is 4.83. The largest absolute Gasteiger partial charge is 0.481 e. The molecule has 0 saturated carbocycles. The molecule has 0 bridgehead atoms. The smallest absolute Gasteiger partial charge is 0.309 e. The number of benzene rings is 1. The molecular formula is C18H20FN3O3. The van der Waals surface area contributed by atoms with E-state index in [2.05, 4.69) is 4.98 Å². The number of nitrogens with zero attached hydrogens (tertiary/aromatic N) is 3. The van der Waals surface area contributed by atoms with Crippen LogP contribution in [-0.2, 0) is 16.1 Å². The molecule has 1 aromatic carbocycles. The Hall–Kier alpha value is -2.70. The van der Waals surface area contributed by atoms with Gasteiger partial charge in [0.25, 0.3) is 0 Å². The number of rotatable bonds is 6. The molecule has 1 fully saturated rings. The average molecular weight is 345 g/mol. The van der Waals surface area contributed by atoms with Gasteiger partial charge in [0.1, 0.15) is 5.82 Å². The highest BCUT2D eigenvalue weighted by Gasteiger charge is 2.44. The Morgan fingerprint density at radius 3 is 2.84 bits per heavy atom. The summed E-state index contributed by atoms with van der Waals surface area (Å²) in [5.41, 5.74) is 1.35. The summed E-state index contributed by atoms with van der Waals surface area (Å²) in [5.74, 6) is -2.36. The van der Waals surface area contributed by atoms with Crippen molar-refractivity contribution in [2.24, 2.45) is 5.92 Å². The van der Waals surface area contributed by atoms with E-state index in [-0.39, 0.29) is 18.1 Å². The van der Waals surface area contributed by atoms with Gasteiger partial charge in [0.15, 0.2) is 0 Å². The number of hydrogen-bond donors (Lipinski definition) is 1. The maximum atomic E-state index is 13.4. The highest BCUT2D eigenvalue weighted by Crippen LogP contribution is 2.39. The number of aliphatic carboxylic acids is 1. The number of carboxylic acids is 1. The van der Waals surface area contributed by atoms with Crippen molar-refractivity contribution in [3.63, 3.8) is 0 Å². The summed E-state index contributed by atoms with van der Waals surface area (Å²) in [4.78, 5) is 29.7. The van der Waals surface area contributed by atoms with Gasteiger partial charge in [-0.05, 0) is 36.6 Å². The van der Waals surface area contributed by atoms with Crippen LogP contribution < -0.4 is 0 Å². The Morgan fingerprint density at radius 2 is 2.20 bits per heavy atom. The maximum Gasteiger partial charge on any atom is 0.309 e. The summed E-state index contributed by atoms with van der Waals surface area (Å²) in [6.07, 6.45) is 5.89. The molecule has 0 spiro atoms. The van der Waals surface area contributed by atoms with Gasteiger partial charge in [-0.15, -0.1) is 0 Å². The van der Waals surface area contributed by atoms with Gasteiger partial charge in [0.2, 0.25) is 5.91 Å². The van der Waals surface area contributed by atoms with E-state index in [1.54, 1.807) is 30.4 Å². The van der Waals surface area contributed by atoms with Crippen LogP contribution in [0.4, 0.5) is 4.39 Å². The van der Waals surface area contributed by atoms with Gasteiger partial charge in [-0.3, -0.25) is 9.59 Å². The van der Waals surface area contributed by atoms with Gasteiger partial charge in [0, 0.05) is 31.9 Å². The highest BCUT2D eigenvalue weighted by atomic mass is 19.1. The summed E-state index contributed by atoms with van der Waals surface area (Å²) in [5, 5.41) is 9.54. The first kappa shape index (κ1) is 17.1. The second kappa shape index (κ2) is 7.04. The minimum atomic E-state index is -1.00. The molecule has 1 aromatic heterocycles. The van der Waals surface area contributed by atoms with Crippen molar-refractivity contribution in [2.45, 2.75) is 32.4 Å². The molecule has 3 rings (SSSR count). The number of imidazole rings is 1. The van der Waals surface area contributed by atoms with E-state index >= 15 is 0 Å². The first-order valence-corrected chi connectivity index (χ1v) is 8.21. The lowest BCUT2D eigenvalue weighted by Gasteiger charge is -2.28. The number of amides is 1. The lowest BCUT2D eigenvalue weighted by molar-refractivity contribution is -0.142. The third-order valence-electron chi connectivity index (χ3n) is 4.67. The first-order chi connectivity index (χ1) is 12.0. The number of halogens is 1. The summed E-state index contributed by atoms with van der Waals surface area (Å²) < 4.78 is 15.3. The number of carboxylic acid groups (broad SMARTS) is 1. The van der Waals surface area contributed by atoms with E-state index < -0.39 is 17.9 Å². The number of likely N-dealkylation sites (tertiary alicyclic amines) is 1.